The van der Waals surface area contributed by atoms with Crippen LogP contribution in [0.4, 0.5) is 0 Å². The topological polar surface area (TPSA) is 44.8 Å². The maximum Gasteiger partial charge on any atom is 0.347 e. The fraction of sp³-hybridized carbons (Fsp3) is 0.643. The van der Waals surface area contributed by atoms with Gasteiger partial charge in [-0.3, -0.25) is 4.89 Å². The van der Waals surface area contributed by atoms with Crippen LogP contribution in [0.5, 0.6) is 0 Å². The monoisotopic (exact) mass is 254 g/mol. The first-order valence-electron chi connectivity index (χ1n) is 5.75. The van der Waals surface area contributed by atoms with Crippen molar-refractivity contribution in [2.24, 2.45) is 5.41 Å². The van der Waals surface area contributed by atoms with Gasteiger partial charge in [-0.1, -0.05) is 27.4 Å². The first-order valence-corrected chi connectivity index (χ1v) is 5.75. The smallest absolute Gasteiger partial charge is 0.347 e. The number of carbonyl (C=O) groups is 1. The summed E-state index contributed by atoms with van der Waals surface area (Å²) in [6, 6.07) is 0. The summed E-state index contributed by atoms with van der Waals surface area (Å²) in [6.45, 7) is 15.1. The van der Waals surface area contributed by atoms with Crippen molar-refractivity contribution < 1.29 is 19.3 Å². The Morgan fingerprint density at radius 3 is 2.17 bits per heavy atom. The summed E-state index contributed by atoms with van der Waals surface area (Å²) >= 11 is 0. The van der Waals surface area contributed by atoms with Crippen LogP contribution in [0.1, 0.15) is 48.0 Å². The van der Waals surface area contributed by atoms with Crippen molar-refractivity contribution in [2.45, 2.75) is 53.6 Å². The Bertz CT molecular complexity index is 363. The second kappa shape index (κ2) is 6.46. The molecule has 0 aromatic heterocycles. The minimum absolute atomic E-state index is 0.118. The highest BCUT2D eigenvalue weighted by atomic mass is 17.2. The molecule has 4 nitrogen and oxygen atoms in total. The van der Waals surface area contributed by atoms with E-state index in [-0.39, 0.29) is 11.0 Å². The predicted octanol–water partition coefficient (Wildman–Crippen LogP) is 3.19. The molecule has 0 saturated heterocycles. The number of ether oxygens (including phenoxy) is 1. The Morgan fingerprint density at radius 1 is 1.17 bits per heavy atom. The molecule has 0 saturated carbocycles. The third-order valence-electron chi connectivity index (χ3n) is 1.80. The van der Waals surface area contributed by atoms with Crippen molar-refractivity contribution in [1.29, 1.82) is 0 Å². The maximum atomic E-state index is 11.0. The van der Waals surface area contributed by atoms with Crippen LogP contribution in [0.3, 0.4) is 0 Å². The highest BCUT2D eigenvalue weighted by molar-refractivity contribution is 5.87. The summed E-state index contributed by atoms with van der Waals surface area (Å²) in [5.41, 5.74) is -0.0730. The molecule has 0 bridgehead atoms. The molecule has 0 aliphatic rings. The molecule has 0 aliphatic heterocycles. The summed E-state index contributed by atoms with van der Waals surface area (Å²) in [5, 5.41) is 0. The van der Waals surface area contributed by atoms with E-state index in [4.69, 9.17) is 9.78 Å². The van der Waals surface area contributed by atoms with Gasteiger partial charge in [-0.15, -0.1) is 0 Å². The number of hydrogen-bond donors (Lipinski definition) is 0. The molecule has 4 heteroatoms. The predicted molar refractivity (Wildman–Crippen MR) is 69.0 cm³/mol. The van der Waals surface area contributed by atoms with E-state index < -0.39 is 11.6 Å². The van der Waals surface area contributed by atoms with Crippen molar-refractivity contribution in [3.05, 3.63) is 12.2 Å². The summed E-state index contributed by atoms with van der Waals surface area (Å²) < 4.78 is 4.51. The zero-order valence-corrected chi connectivity index (χ0v) is 12.0. The van der Waals surface area contributed by atoms with Crippen LogP contribution >= 0.6 is 0 Å². The van der Waals surface area contributed by atoms with E-state index in [9.17, 15) is 4.79 Å². The lowest BCUT2D eigenvalue weighted by molar-refractivity contribution is -0.312. The van der Waals surface area contributed by atoms with Gasteiger partial charge in [0.15, 0.2) is 6.11 Å². The van der Waals surface area contributed by atoms with E-state index in [0.29, 0.717) is 0 Å². The van der Waals surface area contributed by atoms with Gasteiger partial charge in [0, 0.05) is 5.57 Å². The van der Waals surface area contributed by atoms with Crippen LogP contribution in [0.25, 0.3) is 0 Å². The molecule has 0 fully saturated rings. The molecule has 0 aliphatic carbocycles. The quantitative estimate of drug-likeness (QED) is 0.254. The second-order valence-corrected chi connectivity index (χ2v) is 6.04. The second-order valence-electron chi connectivity index (χ2n) is 6.04. The fourth-order valence-corrected chi connectivity index (χ4v) is 1.61. The number of rotatable bonds is 4. The number of carbonyl (C=O) groups excluding carboxylic acids is 1. The van der Waals surface area contributed by atoms with Crippen LogP contribution in [0, 0.1) is 17.6 Å². The lowest BCUT2D eigenvalue weighted by Gasteiger charge is -2.29. The Kier molecular flexibility index (Phi) is 5.93. The van der Waals surface area contributed by atoms with E-state index in [2.05, 4.69) is 44.3 Å². The maximum absolute atomic E-state index is 11.0. The Labute approximate surface area is 109 Å². The first kappa shape index (κ1) is 16.5. The molecule has 0 radical (unpaired) electrons. The molecule has 18 heavy (non-hydrogen) atoms. The third kappa shape index (κ3) is 8.66. The van der Waals surface area contributed by atoms with E-state index >= 15 is 0 Å². The van der Waals surface area contributed by atoms with Gasteiger partial charge in [-0.2, -0.15) is 4.89 Å². The van der Waals surface area contributed by atoms with E-state index in [1.165, 1.54) is 6.92 Å². The first-order chi connectivity index (χ1) is 8.03. The van der Waals surface area contributed by atoms with Gasteiger partial charge in [0.05, 0.1) is 0 Å². The minimum atomic E-state index is -0.583. The van der Waals surface area contributed by atoms with Gasteiger partial charge in [-0.25, -0.2) is 4.79 Å². The van der Waals surface area contributed by atoms with E-state index in [1.807, 2.05) is 13.8 Å². The molecule has 0 N–H and O–H groups in total. The molecular weight excluding hydrogens is 232 g/mol. The minimum Gasteiger partial charge on any atom is -0.365 e. The van der Waals surface area contributed by atoms with Crippen molar-refractivity contribution in [1.82, 2.24) is 0 Å². The summed E-state index contributed by atoms with van der Waals surface area (Å²) in [6.07, 6.45) is 5.05. The van der Waals surface area contributed by atoms with Crippen LogP contribution in [0.15, 0.2) is 12.2 Å². The molecule has 0 aromatic carbocycles. The van der Waals surface area contributed by atoms with Crippen LogP contribution < -0.4 is 0 Å². The SMILES string of the molecule is C=C(C)C(=O)OC#COOC(C)(C)CC(C)(C)C. The van der Waals surface area contributed by atoms with E-state index in [1.54, 1.807) is 0 Å². The standard InChI is InChI=1S/C14H22O4/c1-11(2)12(15)16-8-9-17-18-14(6,7)10-13(3,4)5/h1,10H2,2-7H3. The Morgan fingerprint density at radius 2 is 1.72 bits per heavy atom. The van der Waals surface area contributed by atoms with Crippen molar-refractivity contribution in [2.75, 3.05) is 0 Å². The normalized spacial score (nSPS) is 11.2. The van der Waals surface area contributed by atoms with Crippen LogP contribution in [-0.2, 0) is 19.3 Å². The average Bonchev–Trinajstić information content (AvgIpc) is 2.12. The van der Waals surface area contributed by atoms with Gasteiger partial charge in [0.25, 0.3) is 0 Å². The summed E-state index contributed by atoms with van der Waals surface area (Å²) in [5.74, 6) is -0.583. The van der Waals surface area contributed by atoms with Crippen LogP contribution in [-0.4, -0.2) is 11.6 Å². The Balaban J connectivity index is 4.08. The van der Waals surface area contributed by atoms with Crippen molar-refractivity contribution in [3.8, 4) is 12.2 Å². The highest BCUT2D eigenvalue weighted by Gasteiger charge is 2.27. The molecule has 0 aromatic rings. The van der Waals surface area contributed by atoms with Gasteiger partial charge >= 0.3 is 5.97 Å². The largest absolute Gasteiger partial charge is 0.365 e. The zero-order valence-electron chi connectivity index (χ0n) is 12.0. The molecule has 0 heterocycles. The number of hydrogen-bond acceptors (Lipinski definition) is 4. The van der Waals surface area contributed by atoms with Crippen LogP contribution in [0.2, 0.25) is 0 Å². The zero-order chi connectivity index (χ0) is 14.4. The highest BCUT2D eigenvalue weighted by Crippen LogP contribution is 2.29. The molecule has 102 valence electrons. The lowest BCUT2D eigenvalue weighted by atomic mass is 9.84. The van der Waals surface area contributed by atoms with Crippen molar-refractivity contribution >= 4 is 5.97 Å². The fourth-order valence-electron chi connectivity index (χ4n) is 1.61. The molecule has 0 rings (SSSR count). The summed E-state index contributed by atoms with van der Waals surface area (Å²) in [4.78, 5) is 20.8. The van der Waals surface area contributed by atoms with Gasteiger partial charge in [0.2, 0.25) is 6.11 Å². The van der Waals surface area contributed by atoms with Gasteiger partial charge in [0.1, 0.15) is 5.60 Å². The molecule has 0 spiro atoms. The molecule has 0 atom stereocenters. The number of esters is 1. The van der Waals surface area contributed by atoms with E-state index in [0.717, 1.165) is 6.42 Å². The van der Waals surface area contributed by atoms with Gasteiger partial charge in [-0.05, 0) is 32.6 Å². The van der Waals surface area contributed by atoms with Gasteiger partial charge < -0.3 is 4.74 Å². The van der Waals surface area contributed by atoms with Crippen molar-refractivity contribution in [3.63, 3.8) is 0 Å². The third-order valence-corrected chi connectivity index (χ3v) is 1.80. The molecule has 0 amide bonds. The molecule has 0 unspecified atom stereocenters. The molecular formula is C14H22O4. The Hall–Kier alpha value is -1.47. The summed E-state index contributed by atoms with van der Waals surface area (Å²) in [7, 11) is 0. The lowest BCUT2D eigenvalue weighted by Crippen LogP contribution is -2.29. The average molecular weight is 254 g/mol.